The van der Waals surface area contributed by atoms with E-state index in [1.54, 1.807) is 0 Å². The van der Waals surface area contributed by atoms with Crippen LogP contribution in [0.25, 0.3) is 0 Å². The van der Waals surface area contributed by atoms with E-state index in [9.17, 15) is 4.79 Å². The van der Waals surface area contributed by atoms with E-state index in [-0.39, 0.29) is 11.4 Å². The third-order valence-electron chi connectivity index (χ3n) is 3.17. The molecule has 0 amide bonds. The predicted octanol–water partition coefficient (Wildman–Crippen LogP) is 1.50. The number of cyclic esters (lactones) is 1. The molecule has 1 saturated carbocycles. The van der Waals surface area contributed by atoms with Crippen molar-refractivity contribution in [3.63, 3.8) is 0 Å². The molecule has 0 aromatic heterocycles. The van der Waals surface area contributed by atoms with Crippen molar-refractivity contribution in [2.24, 2.45) is 5.92 Å². The average Bonchev–Trinajstić information content (AvgIpc) is 2.84. The number of benzene rings is 1. The van der Waals surface area contributed by atoms with Gasteiger partial charge in [-0.25, -0.2) is 0 Å². The highest BCUT2D eigenvalue weighted by Crippen LogP contribution is 2.58. The van der Waals surface area contributed by atoms with Crippen molar-refractivity contribution in [1.82, 2.24) is 0 Å². The quantitative estimate of drug-likeness (QED) is 0.603. The molecule has 13 heavy (non-hydrogen) atoms. The summed E-state index contributed by atoms with van der Waals surface area (Å²) in [6.07, 6.45) is 0.982. The summed E-state index contributed by atoms with van der Waals surface area (Å²) in [4.78, 5) is 11.5. The summed E-state index contributed by atoms with van der Waals surface area (Å²) in [5, 5.41) is 0. The number of fused-ring (bicyclic) bond motifs is 1. The standard InChI is InChI=1S/C11H10O2/c12-10-11(6-9(11)7-13-10)8-4-2-1-3-5-8/h1-5,9H,6-7H2/t9?,11-/m1/s1. The van der Waals surface area contributed by atoms with Gasteiger partial charge < -0.3 is 4.74 Å². The van der Waals surface area contributed by atoms with Gasteiger partial charge in [0.05, 0.1) is 12.0 Å². The maximum absolute atomic E-state index is 11.5. The number of rotatable bonds is 1. The van der Waals surface area contributed by atoms with Gasteiger partial charge >= 0.3 is 5.97 Å². The van der Waals surface area contributed by atoms with Gasteiger partial charge in [-0.15, -0.1) is 0 Å². The third-order valence-corrected chi connectivity index (χ3v) is 3.17. The average molecular weight is 174 g/mol. The molecule has 2 atom stereocenters. The van der Waals surface area contributed by atoms with E-state index in [2.05, 4.69) is 0 Å². The van der Waals surface area contributed by atoms with E-state index in [1.807, 2.05) is 30.3 Å². The van der Waals surface area contributed by atoms with Gasteiger partial charge in [0.1, 0.15) is 0 Å². The molecule has 1 aliphatic carbocycles. The molecule has 1 aromatic rings. The first-order valence-corrected chi connectivity index (χ1v) is 4.57. The second-order valence-corrected chi connectivity index (χ2v) is 3.84. The van der Waals surface area contributed by atoms with Crippen molar-refractivity contribution >= 4 is 5.97 Å². The molecule has 1 aliphatic heterocycles. The molecule has 2 fully saturated rings. The second-order valence-electron chi connectivity index (χ2n) is 3.84. The van der Waals surface area contributed by atoms with Crippen molar-refractivity contribution in [2.45, 2.75) is 11.8 Å². The van der Waals surface area contributed by atoms with Crippen molar-refractivity contribution in [3.05, 3.63) is 35.9 Å². The summed E-state index contributed by atoms with van der Waals surface area (Å²) in [7, 11) is 0. The van der Waals surface area contributed by atoms with E-state index < -0.39 is 0 Å². The number of hydrogen-bond donors (Lipinski definition) is 0. The molecule has 2 heteroatoms. The third kappa shape index (κ3) is 0.755. The van der Waals surface area contributed by atoms with Crippen LogP contribution in [-0.2, 0) is 14.9 Å². The molecule has 1 unspecified atom stereocenters. The molecule has 1 heterocycles. The van der Waals surface area contributed by atoms with E-state index in [0.717, 1.165) is 12.0 Å². The van der Waals surface area contributed by atoms with Crippen LogP contribution in [-0.4, -0.2) is 12.6 Å². The number of carbonyl (C=O) groups excluding carboxylic acids is 1. The monoisotopic (exact) mass is 174 g/mol. The van der Waals surface area contributed by atoms with Crippen molar-refractivity contribution in [3.8, 4) is 0 Å². The first kappa shape index (κ1) is 7.13. The Balaban J connectivity index is 2.07. The van der Waals surface area contributed by atoms with E-state index in [4.69, 9.17) is 4.74 Å². The zero-order valence-corrected chi connectivity index (χ0v) is 7.19. The minimum absolute atomic E-state index is 0.0244. The molecule has 3 rings (SSSR count). The smallest absolute Gasteiger partial charge is 0.317 e. The Kier molecular flexibility index (Phi) is 1.17. The van der Waals surface area contributed by atoms with Gasteiger partial charge in [0.25, 0.3) is 0 Å². The lowest BCUT2D eigenvalue weighted by Crippen LogP contribution is -2.18. The van der Waals surface area contributed by atoms with Crippen LogP contribution in [0, 0.1) is 5.92 Å². The molecule has 0 bridgehead atoms. The zero-order valence-electron chi connectivity index (χ0n) is 7.19. The first-order chi connectivity index (χ1) is 6.34. The molecule has 66 valence electrons. The second kappa shape index (κ2) is 2.13. The molecule has 2 aliphatic rings. The molecular formula is C11H10O2. The highest BCUT2D eigenvalue weighted by atomic mass is 16.5. The maximum Gasteiger partial charge on any atom is 0.317 e. The van der Waals surface area contributed by atoms with Gasteiger partial charge in [0.15, 0.2) is 0 Å². The van der Waals surface area contributed by atoms with Crippen LogP contribution < -0.4 is 0 Å². The lowest BCUT2D eigenvalue weighted by molar-refractivity contribution is -0.142. The normalized spacial score (nSPS) is 35.4. The van der Waals surface area contributed by atoms with Crippen molar-refractivity contribution in [2.75, 3.05) is 6.61 Å². The number of hydrogen-bond acceptors (Lipinski definition) is 2. The summed E-state index contributed by atoms with van der Waals surface area (Å²) in [5.41, 5.74) is 0.879. The maximum atomic E-state index is 11.5. The van der Waals surface area contributed by atoms with Crippen LogP contribution in [0.15, 0.2) is 30.3 Å². The van der Waals surface area contributed by atoms with E-state index in [0.29, 0.717) is 12.5 Å². The fraction of sp³-hybridized carbons (Fsp3) is 0.364. The van der Waals surface area contributed by atoms with E-state index >= 15 is 0 Å². The minimum atomic E-state index is -0.249. The number of ether oxygens (including phenoxy) is 1. The Labute approximate surface area is 76.5 Å². The summed E-state index contributed by atoms with van der Waals surface area (Å²) in [5.74, 6) is 0.422. The Morgan fingerprint density at radius 1 is 1.31 bits per heavy atom. The topological polar surface area (TPSA) is 26.3 Å². The largest absolute Gasteiger partial charge is 0.465 e. The summed E-state index contributed by atoms with van der Waals surface area (Å²) in [6.45, 7) is 0.619. The fourth-order valence-electron chi connectivity index (χ4n) is 2.29. The number of carbonyl (C=O) groups is 1. The van der Waals surface area contributed by atoms with Crippen LogP contribution in [0.1, 0.15) is 12.0 Å². The Hall–Kier alpha value is -1.31. The lowest BCUT2D eigenvalue weighted by Gasteiger charge is -2.08. The summed E-state index contributed by atoms with van der Waals surface area (Å²) in [6, 6.07) is 9.97. The minimum Gasteiger partial charge on any atom is -0.465 e. The molecule has 0 N–H and O–H groups in total. The molecule has 2 nitrogen and oxygen atoms in total. The van der Waals surface area contributed by atoms with Crippen LogP contribution in [0.2, 0.25) is 0 Å². The van der Waals surface area contributed by atoms with Crippen molar-refractivity contribution in [1.29, 1.82) is 0 Å². The van der Waals surface area contributed by atoms with Gasteiger partial charge in [-0.1, -0.05) is 30.3 Å². The first-order valence-electron chi connectivity index (χ1n) is 4.57. The Bertz CT molecular complexity index is 358. The fourth-order valence-corrected chi connectivity index (χ4v) is 2.29. The van der Waals surface area contributed by atoms with Gasteiger partial charge in [-0.05, 0) is 12.0 Å². The molecule has 1 saturated heterocycles. The Morgan fingerprint density at radius 3 is 2.62 bits per heavy atom. The molecule has 1 aromatic carbocycles. The lowest BCUT2D eigenvalue weighted by atomic mass is 9.95. The summed E-state index contributed by atoms with van der Waals surface area (Å²) >= 11 is 0. The van der Waals surface area contributed by atoms with Gasteiger partial charge in [-0.3, -0.25) is 4.79 Å². The van der Waals surface area contributed by atoms with Gasteiger partial charge in [0, 0.05) is 5.92 Å². The predicted molar refractivity (Wildman–Crippen MR) is 47.2 cm³/mol. The van der Waals surface area contributed by atoms with Gasteiger partial charge in [0.2, 0.25) is 0 Å². The highest BCUT2D eigenvalue weighted by Gasteiger charge is 2.66. The van der Waals surface area contributed by atoms with Crippen LogP contribution in [0.4, 0.5) is 0 Å². The van der Waals surface area contributed by atoms with Crippen LogP contribution >= 0.6 is 0 Å². The van der Waals surface area contributed by atoms with E-state index in [1.165, 1.54) is 0 Å². The molecule has 0 radical (unpaired) electrons. The molecular weight excluding hydrogens is 164 g/mol. The van der Waals surface area contributed by atoms with Crippen LogP contribution in [0.5, 0.6) is 0 Å². The molecule has 0 spiro atoms. The van der Waals surface area contributed by atoms with Gasteiger partial charge in [-0.2, -0.15) is 0 Å². The zero-order chi connectivity index (χ0) is 8.89. The van der Waals surface area contributed by atoms with Crippen LogP contribution in [0.3, 0.4) is 0 Å². The highest BCUT2D eigenvalue weighted by molar-refractivity contribution is 5.89. The summed E-state index contributed by atoms with van der Waals surface area (Å²) < 4.78 is 5.03. The Morgan fingerprint density at radius 2 is 2.08 bits per heavy atom. The van der Waals surface area contributed by atoms with Crippen molar-refractivity contribution < 1.29 is 9.53 Å². The SMILES string of the molecule is O=C1OCC2C[C@]12c1ccccc1. The number of esters is 1.